The third-order valence-corrected chi connectivity index (χ3v) is 4.30. The van der Waals surface area contributed by atoms with Gasteiger partial charge < -0.3 is 0 Å². The van der Waals surface area contributed by atoms with E-state index in [2.05, 4.69) is 0 Å². The van der Waals surface area contributed by atoms with Crippen molar-refractivity contribution in [3.63, 3.8) is 0 Å². The van der Waals surface area contributed by atoms with E-state index in [-0.39, 0.29) is 0 Å². The number of rotatable bonds is 4. The first-order chi connectivity index (χ1) is 8.59. The van der Waals surface area contributed by atoms with Gasteiger partial charge in [0.2, 0.25) is 15.8 Å². The molecule has 0 amide bonds. The highest BCUT2D eigenvalue weighted by molar-refractivity contribution is 7.89. The normalized spacial score (nSPS) is 12.2. The monoisotopic (exact) mass is 303 g/mol. The summed E-state index contributed by atoms with van der Waals surface area (Å²) >= 11 is 0. The van der Waals surface area contributed by atoms with Crippen LogP contribution >= 0.6 is 0 Å². The molecule has 1 aromatic rings. The second kappa shape index (κ2) is 5.41. The molecule has 0 saturated heterocycles. The van der Waals surface area contributed by atoms with Gasteiger partial charge in [0, 0.05) is 19.7 Å². The minimum atomic E-state index is -3.80. The molecule has 0 spiro atoms. The smallest absolute Gasteiger partial charge is 0.212 e. The first-order valence-electron chi connectivity index (χ1n) is 5.00. The summed E-state index contributed by atoms with van der Waals surface area (Å²) in [5.74, 6) is -11.2. The van der Waals surface area contributed by atoms with Crippen LogP contribution < -0.4 is 0 Å². The molecule has 0 radical (unpaired) electrons. The molecule has 0 aromatic heterocycles. The molecule has 0 N–H and O–H groups in total. The molecule has 1 aromatic carbocycles. The zero-order chi connectivity index (χ0) is 15.0. The fraction of sp³-hybridized carbons (Fsp3) is 0.400. The molecule has 0 atom stereocenters. The summed E-state index contributed by atoms with van der Waals surface area (Å²) < 4.78 is 88.5. The van der Waals surface area contributed by atoms with Crippen molar-refractivity contribution in [2.45, 2.75) is 6.42 Å². The highest BCUT2D eigenvalue weighted by Gasteiger charge is 2.26. The van der Waals surface area contributed by atoms with E-state index in [0.717, 1.165) is 4.31 Å². The van der Waals surface area contributed by atoms with Gasteiger partial charge in [-0.2, -0.15) is 0 Å². The van der Waals surface area contributed by atoms with Crippen molar-refractivity contribution in [2.75, 3.05) is 19.8 Å². The Bertz CT molecular complexity index is 571. The minimum Gasteiger partial charge on any atom is -0.212 e. The van der Waals surface area contributed by atoms with E-state index in [1.54, 1.807) is 0 Å². The van der Waals surface area contributed by atoms with E-state index in [1.165, 1.54) is 14.1 Å². The van der Waals surface area contributed by atoms with Crippen LogP contribution in [0.1, 0.15) is 5.56 Å². The van der Waals surface area contributed by atoms with E-state index in [9.17, 15) is 30.4 Å². The number of benzene rings is 1. The van der Waals surface area contributed by atoms with E-state index in [4.69, 9.17) is 0 Å². The topological polar surface area (TPSA) is 37.4 Å². The predicted molar refractivity (Wildman–Crippen MR) is 57.4 cm³/mol. The SMILES string of the molecule is CN(C)S(=O)(=O)CCc1c(F)c(F)c(F)c(F)c1F. The second-order valence-corrected chi connectivity index (χ2v) is 6.20. The maximum atomic E-state index is 13.2. The van der Waals surface area contributed by atoms with Crippen LogP contribution in [0.15, 0.2) is 0 Å². The molecule has 3 nitrogen and oxygen atoms in total. The molecular weight excluding hydrogens is 293 g/mol. The van der Waals surface area contributed by atoms with Crippen molar-refractivity contribution in [1.82, 2.24) is 4.31 Å². The Kier molecular flexibility index (Phi) is 4.51. The molecule has 0 aliphatic heterocycles. The predicted octanol–water partition coefficient (Wildman–Crippen LogP) is 1.82. The molecular formula is C10H10F5NO2S. The average Bonchev–Trinajstić information content (AvgIpc) is 2.33. The van der Waals surface area contributed by atoms with Gasteiger partial charge in [0.15, 0.2) is 23.3 Å². The van der Waals surface area contributed by atoms with E-state index in [1.807, 2.05) is 0 Å². The van der Waals surface area contributed by atoms with Gasteiger partial charge in [0.05, 0.1) is 5.75 Å². The summed E-state index contributed by atoms with van der Waals surface area (Å²) in [5.41, 5.74) is -1.14. The molecule has 0 aliphatic rings. The molecule has 0 aliphatic carbocycles. The fourth-order valence-electron chi connectivity index (χ4n) is 1.28. The van der Waals surface area contributed by atoms with Crippen molar-refractivity contribution in [3.05, 3.63) is 34.6 Å². The summed E-state index contributed by atoms with van der Waals surface area (Å²) in [6.07, 6.45) is -0.813. The van der Waals surface area contributed by atoms with Gasteiger partial charge in [-0.3, -0.25) is 0 Å². The Morgan fingerprint density at radius 1 is 0.842 bits per heavy atom. The molecule has 9 heteroatoms. The third kappa shape index (κ3) is 3.03. The second-order valence-electron chi connectivity index (χ2n) is 3.90. The lowest BCUT2D eigenvalue weighted by atomic mass is 10.1. The van der Waals surface area contributed by atoms with Gasteiger partial charge in [-0.05, 0) is 6.42 Å². The molecule has 0 fully saturated rings. The van der Waals surface area contributed by atoms with Gasteiger partial charge in [-0.15, -0.1) is 0 Å². The van der Waals surface area contributed by atoms with Crippen LogP contribution in [0, 0.1) is 29.1 Å². The molecule has 0 bridgehead atoms. The third-order valence-electron chi connectivity index (χ3n) is 2.47. The number of nitrogens with zero attached hydrogens (tertiary/aromatic N) is 1. The summed E-state index contributed by atoms with van der Waals surface area (Å²) in [7, 11) is -1.43. The van der Waals surface area contributed by atoms with Gasteiger partial charge in [0.1, 0.15) is 0 Å². The molecule has 0 saturated carbocycles. The average molecular weight is 303 g/mol. The Morgan fingerprint density at radius 2 is 1.21 bits per heavy atom. The highest BCUT2D eigenvalue weighted by Crippen LogP contribution is 2.23. The summed E-state index contributed by atoms with van der Waals surface area (Å²) in [4.78, 5) is 0. The lowest BCUT2D eigenvalue weighted by Gasteiger charge is -2.12. The van der Waals surface area contributed by atoms with E-state index in [0.29, 0.717) is 0 Å². The molecule has 0 unspecified atom stereocenters. The van der Waals surface area contributed by atoms with Gasteiger partial charge in [-0.1, -0.05) is 0 Å². The van der Waals surface area contributed by atoms with Crippen molar-refractivity contribution < 1.29 is 30.4 Å². The number of sulfonamides is 1. The molecule has 1 rings (SSSR count). The van der Waals surface area contributed by atoms with Crippen molar-refractivity contribution in [2.24, 2.45) is 0 Å². The highest BCUT2D eigenvalue weighted by atomic mass is 32.2. The summed E-state index contributed by atoms with van der Waals surface area (Å²) in [6, 6.07) is 0. The van der Waals surface area contributed by atoms with Gasteiger partial charge in [0.25, 0.3) is 0 Å². The quantitative estimate of drug-likeness (QED) is 0.483. The minimum absolute atomic E-state index is 0.766. The number of hydrogen-bond donors (Lipinski definition) is 0. The summed E-state index contributed by atoms with van der Waals surface area (Å²) in [5, 5.41) is 0. The number of halogens is 5. The Hall–Kier alpha value is -1.22. The summed E-state index contributed by atoms with van der Waals surface area (Å²) in [6.45, 7) is 0. The Balaban J connectivity index is 3.17. The fourth-order valence-corrected chi connectivity index (χ4v) is 2.11. The molecule has 108 valence electrons. The van der Waals surface area contributed by atoms with Gasteiger partial charge in [-0.25, -0.2) is 34.7 Å². The lowest BCUT2D eigenvalue weighted by Crippen LogP contribution is -2.26. The van der Waals surface area contributed by atoms with Crippen molar-refractivity contribution in [1.29, 1.82) is 0 Å². The van der Waals surface area contributed by atoms with Crippen LogP contribution in [0.4, 0.5) is 22.0 Å². The van der Waals surface area contributed by atoms with E-state index < -0.39 is 56.8 Å². The zero-order valence-corrected chi connectivity index (χ0v) is 10.8. The van der Waals surface area contributed by atoms with Crippen LogP contribution in [0.2, 0.25) is 0 Å². The van der Waals surface area contributed by atoms with Crippen molar-refractivity contribution >= 4 is 10.0 Å². The largest absolute Gasteiger partial charge is 0.213 e. The standard InChI is InChI=1S/C10H10F5NO2S/c1-16(2)19(17,18)4-3-5-6(11)8(13)10(15)9(14)7(5)12/h3-4H2,1-2H3. The maximum Gasteiger partial charge on any atom is 0.213 e. The van der Waals surface area contributed by atoms with Crippen LogP contribution in [0.5, 0.6) is 0 Å². The van der Waals surface area contributed by atoms with Crippen LogP contribution in [0.3, 0.4) is 0 Å². The zero-order valence-electron chi connectivity index (χ0n) is 9.98. The van der Waals surface area contributed by atoms with Gasteiger partial charge >= 0.3 is 0 Å². The van der Waals surface area contributed by atoms with Crippen LogP contribution in [0.25, 0.3) is 0 Å². The Labute approximate surface area is 106 Å². The van der Waals surface area contributed by atoms with Crippen LogP contribution in [-0.4, -0.2) is 32.6 Å². The van der Waals surface area contributed by atoms with Crippen molar-refractivity contribution in [3.8, 4) is 0 Å². The first-order valence-corrected chi connectivity index (χ1v) is 6.61. The van der Waals surface area contributed by atoms with Crippen LogP contribution in [-0.2, 0) is 16.4 Å². The molecule has 19 heavy (non-hydrogen) atoms. The number of hydrogen-bond acceptors (Lipinski definition) is 2. The lowest BCUT2D eigenvalue weighted by molar-refractivity contribution is 0.370. The maximum absolute atomic E-state index is 13.2. The molecule has 0 heterocycles. The Morgan fingerprint density at radius 3 is 1.58 bits per heavy atom. The first kappa shape index (κ1) is 15.8. The van der Waals surface area contributed by atoms with E-state index >= 15 is 0 Å².